The van der Waals surface area contributed by atoms with Crippen LogP contribution in [0.4, 0.5) is 0 Å². The number of fused-ring (bicyclic) bond motifs is 1. The van der Waals surface area contributed by atoms with Crippen molar-refractivity contribution < 1.29 is 19.4 Å². The van der Waals surface area contributed by atoms with Gasteiger partial charge in [-0.2, -0.15) is 0 Å². The van der Waals surface area contributed by atoms with Crippen LogP contribution in [0.2, 0.25) is 0 Å². The topological polar surface area (TPSA) is 131 Å². The molecule has 0 aromatic heterocycles. The number of nitrogens with two attached hydrogens (primary N) is 2. The number of rotatable bonds is 10. The molecule has 168 valence electrons. The SMILES string of the molecule is COc1ccc(CN2C[C@@H](NC(=O)[C@@H](N)CCCCN)C[C@H]2C(=O)O)c2ccccc12. The molecule has 1 fully saturated rings. The molecule has 0 radical (unpaired) electrons. The Hall–Kier alpha value is -2.68. The van der Waals surface area contributed by atoms with Crippen LogP contribution < -0.4 is 21.5 Å². The number of aliphatic carboxylic acids is 1. The van der Waals surface area contributed by atoms with Crippen LogP contribution in [0.15, 0.2) is 36.4 Å². The fourth-order valence-corrected chi connectivity index (χ4v) is 4.26. The van der Waals surface area contributed by atoms with Gasteiger partial charge in [-0.3, -0.25) is 14.5 Å². The molecular formula is C23H32N4O4. The van der Waals surface area contributed by atoms with Crippen molar-refractivity contribution in [1.82, 2.24) is 10.2 Å². The van der Waals surface area contributed by atoms with Crippen LogP contribution >= 0.6 is 0 Å². The number of carbonyl (C=O) groups excluding carboxylic acids is 1. The molecule has 0 unspecified atom stereocenters. The van der Waals surface area contributed by atoms with Gasteiger partial charge in [-0.05, 0) is 42.8 Å². The quantitative estimate of drug-likeness (QED) is 0.421. The standard InChI is InChI=1S/C23H32N4O4/c1-31-21-10-9-15(17-6-2-3-7-18(17)21)13-27-14-16(12-20(27)23(29)30)26-22(28)19(25)8-4-5-11-24/h2-3,6-7,9-10,16,19-20H,4-5,8,11-14,24-25H2,1H3,(H,26,28)(H,29,30)/t16-,19-,20-/m0/s1. The third-order valence-corrected chi connectivity index (χ3v) is 5.91. The number of likely N-dealkylation sites (tertiary alicyclic amines) is 1. The molecule has 1 aliphatic rings. The summed E-state index contributed by atoms with van der Waals surface area (Å²) in [7, 11) is 1.64. The highest BCUT2D eigenvalue weighted by Gasteiger charge is 2.38. The van der Waals surface area contributed by atoms with Crippen LogP contribution in [0.3, 0.4) is 0 Å². The summed E-state index contributed by atoms with van der Waals surface area (Å²) in [5.41, 5.74) is 12.5. The fraction of sp³-hybridized carbons (Fsp3) is 0.478. The van der Waals surface area contributed by atoms with E-state index in [4.69, 9.17) is 16.2 Å². The molecule has 6 N–H and O–H groups in total. The van der Waals surface area contributed by atoms with E-state index in [1.807, 2.05) is 41.3 Å². The smallest absolute Gasteiger partial charge is 0.321 e. The van der Waals surface area contributed by atoms with E-state index < -0.39 is 18.1 Å². The van der Waals surface area contributed by atoms with Crippen molar-refractivity contribution in [2.45, 2.75) is 50.4 Å². The predicted octanol–water partition coefficient (Wildman–Crippen LogP) is 1.45. The average molecular weight is 429 g/mol. The zero-order chi connectivity index (χ0) is 22.4. The highest BCUT2D eigenvalue weighted by Crippen LogP contribution is 2.30. The predicted molar refractivity (Wildman–Crippen MR) is 120 cm³/mol. The van der Waals surface area contributed by atoms with Crippen LogP contribution in [0.1, 0.15) is 31.2 Å². The molecule has 0 spiro atoms. The third-order valence-electron chi connectivity index (χ3n) is 5.91. The maximum atomic E-state index is 12.4. The summed E-state index contributed by atoms with van der Waals surface area (Å²) in [6, 6.07) is 10.3. The first-order chi connectivity index (χ1) is 14.9. The van der Waals surface area contributed by atoms with Gasteiger partial charge in [-0.15, -0.1) is 0 Å². The number of benzene rings is 2. The molecule has 2 aromatic rings. The lowest BCUT2D eigenvalue weighted by molar-refractivity contribution is -0.142. The van der Waals surface area contributed by atoms with E-state index in [9.17, 15) is 14.7 Å². The third kappa shape index (κ3) is 5.52. The number of hydrogen-bond donors (Lipinski definition) is 4. The van der Waals surface area contributed by atoms with Gasteiger partial charge < -0.3 is 26.6 Å². The second-order valence-electron chi connectivity index (χ2n) is 8.09. The normalized spacial score (nSPS) is 20.0. The van der Waals surface area contributed by atoms with E-state index >= 15 is 0 Å². The lowest BCUT2D eigenvalue weighted by atomic mass is 10.0. The number of carbonyl (C=O) groups is 2. The van der Waals surface area contributed by atoms with Gasteiger partial charge in [-0.1, -0.05) is 36.8 Å². The van der Waals surface area contributed by atoms with Crippen molar-refractivity contribution in [1.29, 1.82) is 0 Å². The minimum absolute atomic E-state index is 0.233. The molecule has 8 nitrogen and oxygen atoms in total. The maximum absolute atomic E-state index is 12.4. The summed E-state index contributed by atoms with van der Waals surface area (Å²) in [6.45, 7) is 1.50. The Bertz CT molecular complexity index is 920. The molecule has 1 heterocycles. The zero-order valence-electron chi connectivity index (χ0n) is 17.9. The van der Waals surface area contributed by atoms with Gasteiger partial charge in [0.2, 0.25) is 5.91 Å². The van der Waals surface area contributed by atoms with Gasteiger partial charge in [-0.25, -0.2) is 0 Å². The van der Waals surface area contributed by atoms with Crippen LogP contribution in [-0.4, -0.2) is 60.2 Å². The van der Waals surface area contributed by atoms with E-state index in [0.29, 0.717) is 32.5 Å². The molecule has 0 bridgehead atoms. The number of unbranched alkanes of at least 4 members (excludes halogenated alkanes) is 1. The highest BCUT2D eigenvalue weighted by atomic mass is 16.5. The Kier molecular flexibility index (Phi) is 7.84. The second kappa shape index (κ2) is 10.6. The molecule has 1 saturated heterocycles. The summed E-state index contributed by atoms with van der Waals surface area (Å²) in [6.07, 6.45) is 2.55. The molecule has 1 aliphatic heterocycles. The first-order valence-corrected chi connectivity index (χ1v) is 10.7. The average Bonchev–Trinajstić information content (AvgIpc) is 3.16. The van der Waals surface area contributed by atoms with Gasteiger partial charge in [0.05, 0.1) is 13.2 Å². The van der Waals surface area contributed by atoms with E-state index in [2.05, 4.69) is 5.32 Å². The molecule has 0 saturated carbocycles. The van der Waals surface area contributed by atoms with Gasteiger partial charge >= 0.3 is 5.97 Å². The Morgan fingerprint density at radius 3 is 2.65 bits per heavy atom. The summed E-state index contributed by atoms with van der Waals surface area (Å²) in [4.78, 5) is 26.2. The number of methoxy groups -OCH3 is 1. The number of ether oxygens (including phenoxy) is 1. The number of carboxylic acids is 1. The van der Waals surface area contributed by atoms with Crippen LogP contribution in [0.5, 0.6) is 5.75 Å². The molecule has 31 heavy (non-hydrogen) atoms. The molecule has 8 heteroatoms. The Morgan fingerprint density at radius 1 is 1.23 bits per heavy atom. The molecule has 0 aliphatic carbocycles. The first kappa shape index (κ1) is 23.0. The van der Waals surface area contributed by atoms with Crippen molar-refractivity contribution in [2.24, 2.45) is 11.5 Å². The minimum atomic E-state index is -0.887. The summed E-state index contributed by atoms with van der Waals surface area (Å²) < 4.78 is 5.46. The van der Waals surface area contributed by atoms with Crippen LogP contribution in [0.25, 0.3) is 10.8 Å². The summed E-state index contributed by atoms with van der Waals surface area (Å²) >= 11 is 0. The fourth-order valence-electron chi connectivity index (χ4n) is 4.26. The number of nitrogens with one attached hydrogen (secondary N) is 1. The summed E-state index contributed by atoms with van der Waals surface area (Å²) in [5, 5.41) is 14.7. The van der Waals surface area contributed by atoms with E-state index in [0.717, 1.165) is 34.9 Å². The van der Waals surface area contributed by atoms with Crippen molar-refractivity contribution in [2.75, 3.05) is 20.2 Å². The highest BCUT2D eigenvalue weighted by molar-refractivity contribution is 5.91. The van der Waals surface area contributed by atoms with Gasteiger partial charge in [0.1, 0.15) is 11.8 Å². The zero-order valence-corrected chi connectivity index (χ0v) is 17.9. The lowest BCUT2D eigenvalue weighted by Crippen LogP contribution is -2.46. The minimum Gasteiger partial charge on any atom is -0.496 e. The number of nitrogens with zero attached hydrogens (tertiary/aromatic N) is 1. The van der Waals surface area contributed by atoms with E-state index in [1.165, 1.54) is 0 Å². The molecular weight excluding hydrogens is 396 g/mol. The van der Waals surface area contributed by atoms with Gasteiger partial charge in [0.25, 0.3) is 0 Å². The van der Waals surface area contributed by atoms with Gasteiger partial charge in [0, 0.05) is 24.5 Å². The maximum Gasteiger partial charge on any atom is 0.321 e. The van der Waals surface area contributed by atoms with Crippen molar-refractivity contribution in [3.05, 3.63) is 42.0 Å². The Balaban J connectivity index is 1.71. The lowest BCUT2D eigenvalue weighted by Gasteiger charge is -2.22. The van der Waals surface area contributed by atoms with Crippen LogP contribution in [-0.2, 0) is 16.1 Å². The van der Waals surface area contributed by atoms with E-state index in [-0.39, 0.29) is 11.9 Å². The second-order valence-corrected chi connectivity index (χ2v) is 8.09. The molecule has 2 aromatic carbocycles. The van der Waals surface area contributed by atoms with Crippen molar-refractivity contribution in [3.8, 4) is 5.75 Å². The van der Waals surface area contributed by atoms with Crippen molar-refractivity contribution in [3.63, 3.8) is 0 Å². The van der Waals surface area contributed by atoms with E-state index in [1.54, 1.807) is 7.11 Å². The first-order valence-electron chi connectivity index (χ1n) is 10.7. The Morgan fingerprint density at radius 2 is 1.97 bits per heavy atom. The number of hydrogen-bond acceptors (Lipinski definition) is 6. The summed E-state index contributed by atoms with van der Waals surface area (Å²) in [5.74, 6) is -0.339. The number of amides is 1. The van der Waals surface area contributed by atoms with Crippen molar-refractivity contribution >= 4 is 22.6 Å². The number of carboxylic acid groups (broad SMARTS) is 1. The van der Waals surface area contributed by atoms with Gasteiger partial charge in [0.15, 0.2) is 0 Å². The monoisotopic (exact) mass is 428 g/mol. The largest absolute Gasteiger partial charge is 0.496 e. The molecule has 3 atom stereocenters. The molecule has 3 rings (SSSR count). The Labute approximate surface area is 182 Å². The molecule has 1 amide bonds. The van der Waals surface area contributed by atoms with Crippen LogP contribution in [0, 0.1) is 0 Å².